The number of benzene rings is 1. The maximum absolute atomic E-state index is 12.6. The monoisotopic (exact) mass is 344 g/mol. The summed E-state index contributed by atoms with van der Waals surface area (Å²) in [6.45, 7) is 0.945. The SMILES string of the molecule is NC(=O)C1CCN(C(=O)CC(C(=O)O)[C@H]2CCc3ccccc32)CC1. The molecule has 1 aromatic rings. The van der Waals surface area contributed by atoms with Crippen molar-refractivity contribution < 1.29 is 19.5 Å². The highest BCUT2D eigenvalue weighted by Crippen LogP contribution is 2.40. The second-order valence-corrected chi connectivity index (χ2v) is 7.05. The zero-order valence-electron chi connectivity index (χ0n) is 14.2. The number of nitrogens with zero attached hydrogens (tertiary/aromatic N) is 1. The molecule has 134 valence electrons. The van der Waals surface area contributed by atoms with Crippen LogP contribution in [0.25, 0.3) is 0 Å². The Kier molecular flexibility index (Phi) is 5.06. The molecule has 1 heterocycles. The third kappa shape index (κ3) is 3.67. The van der Waals surface area contributed by atoms with Gasteiger partial charge in [0, 0.05) is 25.4 Å². The van der Waals surface area contributed by atoms with E-state index in [4.69, 9.17) is 5.73 Å². The molecule has 0 aromatic heterocycles. The predicted molar refractivity (Wildman–Crippen MR) is 91.7 cm³/mol. The van der Waals surface area contributed by atoms with Crippen LogP contribution in [-0.2, 0) is 20.8 Å². The summed E-state index contributed by atoms with van der Waals surface area (Å²) in [4.78, 5) is 37.3. The number of carbonyl (C=O) groups is 3. The molecule has 1 fully saturated rings. The van der Waals surface area contributed by atoms with Crippen LogP contribution in [0.5, 0.6) is 0 Å². The van der Waals surface area contributed by atoms with Crippen molar-refractivity contribution in [2.75, 3.05) is 13.1 Å². The van der Waals surface area contributed by atoms with Gasteiger partial charge in [0.05, 0.1) is 5.92 Å². The number of piperidine rings is 1. The molecule has 1 saturated heterocycles. The molecule has 0 radical (unpaired) electrons. The average Bonchev–Trinajstić information content (AvgIpc) is 3.03. The molecular weight excluding hydrogens is 320 g/mol. The van der Waals surface area contributed by atoms with Gasteiger partial charge in [0.2, 0.25) is 11.8 Å². The van der Waals surface area contributed by atoms with Gasteiger partial charge in [-0.25, -0.2) is 0 Å². The number of amides is 2. The standard InChI is InChI=1S/C19H24N2O4/c20-18(23)13-7-9-21(10-8-13)17(22)11-16(19(24)25)15-6-5-12-3-1-2-4-14(12)15/h1-4,13,15-16H,5-11H2,(H2,20,23)(H,24,25)/t15-,16?/m0/s1. The molecule has 0 saturated carbocycles. The molecule has 0 spiro atoms. The molecule has 3 rings (SSSR count). The van der Waals surface area contributed by atoms with E-state index < -0.39 is 11.9 Å². The van der Waals surface area contributed by atoms with E-state index in [2.05, 4.69) is 0 Å². The van der Waals surface area contributed by atoms with E-state index in [0.29, 0.717) is 25.9 Å². The second-order valence-electron chi connectivity index (χ2n) is 7.05. The van der Waals surface area contributed by atoms with E-state index in [-0.39, 0.29) is 30.1 Å². The first kappa shape index (κ1) is 17.5. The normalized spacial score (nSPS) is 21.6. The predicted octanol–water partition coefficient (Wildman–Crippen LogP) is 1.53. The Morgan fingerprint density at radius 1 is 1.16 bits per heavy atom. The first-order chi connectivity index (χ1) is 12.0. The number of carbonyl (C=O) groups excluding carboxylic acids is 2. The summed E-state index contributed by atoms with van der Waals surface area (Å²) < 4.78 is 0. The second kappa shape index (κ2) is 7.25. The van der Waals surface area contributed by atoms with Gasteiger partial charge in [0.25, 0.3) is 0 Å². The van der Waals surface area contributed by atoms with Gasteiger partial charge < -0.3 is 15.7 Å². The number of hydrogen-bond donors (Lipinski definition) is 2. The van der Waals surface area contributed by atoms with E-state index in [1.165, 1.54) is 5.56 Å². The first-order valence-electron chi connectivity index (χ1n) is 8.85. The lowest BCUT2D eigenvalue weighted by atomic mass is 9.84. The quantitative estimate of drug-likeness (QED) is 0.846. The molecule has 1 aromatic carbocycles. The van der Waals surface area contributed by atoms with E-state index in [0.717, 1.165) is 18.4 Å². The summed E-state index contributed by atoms with van der Waals surface area (Å²) in [5.41, 5.74) is 7.57. The Morgan fingerprint density at radius 3 is 2.48 bits per heavy atom. The molecule has 1 aliphatic heterocycles. The number of fused-ring (bicyclic) bond motifs is 1. The molecule has 2 aliphatic rings. The van der Waals surface area contributed by atoms with Crippen LogP contribution in [0.15, 0.2) is 24.3 Å². The van der Waals surface area contributed by atoms with E-state index in [9.17, 15) is 19.5 Å². The van der Waals surface area contributed by atoms with Crippen molar-refractivity contribution in [2.45, 2.75) is 38.0 Å². The zero-order chi connectivity index (χ0) is 18.0. The van der Waals surface area contributed by atoms with Gasteiger partial charge in [-0.1, -0.05) is 24.3 Å². The number of hydrogen-bond acceptors (Lipinski definition) is 3. The molecule has 0 bridgehead atoms. The highest BCUT2D eigenvalue weighted by atomic mass is 16.4. The van der Waals surface area contributed by atoms with Crippen LogP contribution < -0.4 is 5.73 Å². The maximum Gasteiger partial charge on any atom is 0.307 e. The topological polar surface area (TPSA) is 101 Å². The number of aryl methyl sites for hydroxylation is 1. The van der Waals surface area contributed by atoms with Crippen molar-refractivity contribution >= 4 is 17.8 Å². The zero-order valence-corrected chi connectivity index (χ0v) is 14.2. The third-order valence-electron chi connectivity index (χ3n) is 5.63. The highest BCUT2D eigenvalue weighted by molar-refractivity contribution is 5.83. The number of likely N-dealkylation sites (tertiary alicyclic amines) is 1. The Hall–Kier alpha value is -2.37. The number of primary amides is 1. The van der Waals surface area contributed by atoms with Crippen LogP contribution in [0.2, 0.25) is 0 Å². The lowest BCUT2D eigenvalue weighted by Crippen LogP contribution is -2.43. The van der Waals surface area contributed by atoms with Gasteiger partial charge in [-0.2, -0.15) is 0 Å². The maximum atomic E-state index is 12.6. The Morgan fingerprint density at radius 2 is 1.84 bits per heavy atom. The highest BCUT2D eigenvalue weighted by Gasteiger charge is 2.37. The first-order valence-corrected chi connectivity index (χ1v) is 8.85. The van der Waals surface area contributed by atoms with Crippen molar-refractivity contribution in [3.63, 3.8) is 0 Å². The molecule has 1 aliphatic carbocycles. The van der Waals surface area contributed by atoms with Crippen molar-refractivity contribution in [1.82, 2.24) is 4.90 Å². The lowest BCUT2D eigenvalue weighted by Gasteiger charge is -2.32. The summed E-state index contributed by atoms with van der Waals surface area (Å²) in [6, 6.07) is 7.90. The van der Waals surface area contributed by atoms with Crippen molar-refractivity contribution in [1.29, 1.82) is 0 Å². The van der Waals surface area contributed by atoms with Gasteiger partial charge in [-0.3, -0.25) is 14.4 Å². The number of carboxylic acids is 1. The van der Waals surface area contributed by atoms with E-state index in [1.54, 1.807) is 4.90 Å². The van der Waals surface area contributed by atoms with Crippen LogP contribution in [0, 0.1) is 11.8 Å². The summed E-state index contributed by atoms with van der Waals surface area (Å²) >= 11 is 0. The van der Waals surface area contributed by atoms with Crippen LogP contribution in [0.3, 0.4) is 0 Å². The summed E-state index contributed by atoms with van der Waals surface area (Å²) in [7, 11) is 0. The van der Waals surface area contributed by atoms with Gasteiger partial charge in [0.15, 0.2) is 0 Å². The van der Waals surface area contributed by atoms with Crippen molar-refractivity contribution in [3.05, 3.63) is 35.4 Å². The minimum atomic E-state index is -0.915. The van der Waals surface area contributed by atoms with Gasteiger partial charge >= 0.3 is 5.97 Å². The van der Waals surface area contributed by atoms with Crippen molar-refractivity contribution in [2.24, 2.45) is 17.6 Å². The van der Waals surface area contributed by atoms with Gasteiger partial charge in [-0.15, -0.1) is 0 Å². The molecule has 25 heavy (non-hydrogen) atoms. The molecule has 1 unspecified atom stereocenters. The lowest BCUT2D eigenvalue weighted by molar-refractivity contribution is -0.147. The molecule has 6 heteroatoms. The summed E-state index contributed by atoms with van der Waals surface area (Å²) in [6.07, 6.45) is 2.77. The largest absolute Gasteiger partial charge is 0.481 e. The number of nitrogens with two attached hydrogens (primary N) is 1. The molecular formula is C19H24N2O4. The van der Waals surface area contributed by atoms with Crippen LogP contribution in [0.1, 0.15) is 42.7 Å². The fourth-order valence-corrected chi connectivity index (χ4v) is 4.14. The fraction of sp³-hybridized carbons (Fsp3) is 0.526. The summed E-state index contributed by atoms with van der Waals surface area (Å²) in [5.74, 6) is -2.37. The van der Waals surface area contributed by atoms with Crippen molar-refractivity contribution in [3.8, 4) is 0 Å². The molecule has 6 nitrogen and oxygen atoms in total. The average molecular weight is 344 g/mol. The number of rotatable bonds is 5. The van der Waals surface area contributed by atoms with Crippen LogP contribution in [-0.4, -0.2) is 40.9 Å². The Balaban J connectivity index is 1.66. The fourth-order valence-electron chi connectivity index (χ4n) is 4.14. The number of aliphatic carboxylic acids is 1. The number of carboxylic acid groups (broad SMARTS) is 1. The van der Waals surface area contributed by atoms with E-state index >= 15 is 0 Å². The smallest absolute Gasteiger partial charge is 0.307 e. The van der Waals surface area contributed by atoms with Gasteiger partial charge in [-0.05, 0) is 42.7 Å². The minimum Gasteiger partial charge on any atom is -0.481 e. The van der Waals surface area contributed by atoms with Crippen LogP contribution in [0.4, 0.5) is 0 Å². The summed E-state index contributed by atoms with van der Waals surface area (Å²) in [5, 5.41) is 9.69. The molecule has 2 atom stereocenters. The van der Waals surface area contributed by atoms with Gasteiger partial charge in [0.1, 0.15) is 0 Å². The van der Waals surface area contributed by atoms with Crippen LogP contribution >= 0.6 is 0 Å². The third-order valence-corrected chi connectivity index (χ3v) is 5.63. The minimum absolute atomic E-state index is 0.00950. The Labute approximate surface area is 147 Å². The molecule has 2 amide bonds. The Bertz CT molecular complexity index is 680. The van der Waals surface area contributed by atoms with E-state index in [1.807, 2.05) is 24.3 Å². The molecule has 3 N–H and O–H groups in total.